The highest BCUT2D eigenvalue weighted by Gasteiger charge is 2.05. The lowest BCUT2D eigenvalue weighted by Crippen LogP contribution is -1.99. The first-order chi connectivity index (χ1) is 7.22. The van der Waals surface area contributed by atoms with Crippen LogP contribution in [0.15, 0.2) is 9.72 Å². The largest absolute Gasteiger partial charge is 0.481 e. The van der Waals surface area contributed by atoms with Gasteiger partial charge in [-0.3, -0.25) is 4.79 Å². The Balaban J connectivity index is 2.29. The zero-order valence-corrected chi connectivity index (χ0v) is 10.9. The minimum Gasteiger partial charge on any atom is -0.481 e. The molecular weight excluding hydrogens is 250 g/mol. The van der Waals surface area contributed by atoms with E-state index in [9.17, 15) is 4.79 Å². The Labute approximate surface area is 102 Å². The van der Waals surface area contributed by atoms with Gasteiger partial charge in [0.1, 0.15) is 4.34 Å². The zero-order valence-electron chi connectivity index (χ0n) is 8.43. The SMILES string of the molecule is CSCCCSc1nc(CC(=O)O)cs1. The highest BCUT2D eigenvalue weighted by Crippen LogP contribution is 2.23. The highest BCUT2D eigenvalue weighted by atomic mass is 32.2. The Bertz CT molecular complexity index is 314. The fourth-order valence-electron chi connectivity index (χ4n) is 0.954. The van der Waals surface area contributed by atoms with Crippen molar-refractivity contribution in [1.82, 2.24) is 4.98 Å². The fourth-order valence-corrected chi connectivity index (χ4v) is 3.42. The van der Waals surface area contributed by atoms with Gasteiger partial charge in [-0.05, 0) is 18.4 Å². The molecule has 0 aromatic carbocycles. The van der Waals surface area contributed by atoms with E-state index in [-0.39, 0.29) is 6.42 Å². The molecule has 1 N–H and O–H groups in total. The van der Waals surface area contributed by atoms with Crippen molar-refractivity contribution in [2.75, 3.05) is 17.8 Å². The predicted molar refractivity (Wildman–Crippen MR) is 67.2 cm³/mol. The molecule has 84 valence electrons. The van der Waals surface area contributed by atoms with Gasteiger partial charge >= 0.3 is 5.97 Å². The quantitative estimate of drug-likeness (QED) is 0.605. The normalized spacial score (nSPS) is 10.5. The lowest BCUT2D eigenvalue weighted by atomic mass is 10.3. The molecule has 0 fully saturated rings. The van der Waals surface area contributed by atoms with Crippen molar-refractivity contribution in [3.63, 3.8) is 0 Å². The summed E-state index contributed by atoms with van der Waals surface area (Å²) in [5.74, 6) is 1.40. The number of carboxylic acid groups (broad SMARTS) is 1. The van der Waals surface area contributed by atoms with Crippen LogP contribution in [-0.4, -0.2) is 33.8 Å². The number of rotatable bonds is 7. The predicted octanol–water partition coefficient (Wildman–Crippen LogP) is 2.62. The summed E-state index contributed by atoms with van der Waals surface area (Å²) in [6.07, 6.45) is 3.29. The first kappa shape index (κ1) is 12.9. The molecule has 0 saturated heterocycles. The van der Waals surface area contributed by atoms with Crippen molar-refractivity contribution < 1.29 is 9.90 Å². The van der Waals surface area contributed by atoms with Crippen LogP contribution in [0, 0.1) is 0 Å². The Morgan fingerprint density at radius 1 is 1.60 bits per heavy atom. The summed E-state index contributed by atoms with van der Waals surface area (Å²) in [5.41, 5.74) is 0.667. The van der Waals surface area contributed by atoms with Crippen molar-refractivity contribution >= 4 is 40.8 Å². The molecule has 0 aliphatic heterocycles. The molecule has 0 radical (unpaired) electrons. The van der Waals surface area contributed by atoms with E-state index in [1.165, 1.54) is 23.5 Å². The second kappa shape index (κ2) is 7.14. The van der Waals surface area contributed by atoms with E-state index in [1.807, 2.05) is 17.1 Å². The second-order valence-corrected chi connectivity index (χ2v) is 6.06. The van der Waals surface area contributed by atoms with Crippen molar-refractivity contribution in [2.24, 2.45) is 0 Å². The first-order valence-electron chi connectivity index (χ1n) is 4.50. The Kier molecular flexibility index (Phi) is 6.12. The van der Waals surface area contributed by atoms with Gasteiger partial charge in [-0.15, -0.1) is 11.3 Å². The molecule has 1 rings (SSSR count). The van der Waals surface area contributed by atoms with Gasteiger partial charge < -0.3 is 5.11 Å². The molecule has 15 heavy (non-hydrogen) atoms. The monoisotopic (exact) mass is 263 g/mol. The van der Waals surface area contributed by atoms with E-state index in [4.69, 9.17) is 5.11 Å². The minimum absolute atomic E-state index is 0.0296. The van der Waals surface area contributed by atoms with Crippen LogP contribution in [0.2, 0.25) is 0 Å². The van der Waals surface area contributed by atoms with Crippen LogP contribution in [0.4, 0.5) is 0 Å². The number of carboxylic acids is 1. The van der Waals surface area contributed by atoms with E-state index >= 15 is 0 Å². The van der Waals surface area contributed by atoms with Gasteiger partial charge in [0.05, 0.1) is 12.1 Å². The Morgan fingerprint density at radius 2 is 2.40 bits per heavy atom. The number of thiazole rings is 1. The third-order valence-electron chi connectivity index (χ3n) is 1.58. The van der Waals surface area contributed by atoms with Gasteiger partial charge in [0.25, 0.3) is 0 Å². The van der Waals surface area contributed by atoms with E-state index in [0.717, 1.165) is 10.1 Å². The lowest BCUT2D eigenvalue weighted by Gasteiger charge is -1.95. The van der Waals surface area contributed by atoms with E-state index < -0.39 is 5.97 Å². The third kappa shape index (κ3) is 5.44. The number of hydrogen-bond donors (Lipinski definition) is 1. The first-order valence-corrected chi connectivity index (χ1v) is 7.76. The topological polar surface area (TPSA) is 50.2 Å². The lowest BCUT2D eigenvalue weighted by molar-refractivity contribution is -0.136. The number of thioether (sulfide) groups is 2. The van der Waals surface area contributed by atoms with Crippen molar-refractivity contribution in [3.05, 3.63) is 11.1 Å². The fraction of sp³-hybridized carbons (Fsp3) is 0.556. The van der Waals surface area contributed by atoms with E-state index in [2.05, 4.69) is 11.2 Å². The third-order valence-corrected chi connectivity index (χ3v) is 4.43. The summed E-state index contributed by atoms with van der Waals surface area (Å²) in [4.78, 5) is 14.7. The van der Waals surface area contributed by atoms with Crippen LogP contribution in [-0.2, 0) is 11.2 Å². The van der Waals surface area contributed by atoms with Crippen LogP contribution in [0.1, 0.15) is 12.1 Å². The van der Waals surface area contributed by atoms with Gasteiger partial charge in [0, 0.05) is 11.1 Å². The maximum Gasteiger partial charge on any atom is 0.309 e. The van der Waals surface area contributed by atoms with Crippen molar-refractivity contribution in [3.8, 4) is 0 Å². The summed E-state index contributed by atoms with van der Waals surface area (Å²) >= 11 is 5.08. The summed E-state index contributed by atoms with van der Waals surface area (Å²) in [7, 11) is 0. The molecular formula is C9H13NO2S3. The summed E-state index contributed by atoms with van der Waals surface area (Å²) in [6, 6.07) is 0. The summed E-state index contributed by atoms with van der Waals surface area (Å²) in [6.45, 7) is 0. The van der Waals surface area contributed by atoms with Gasteiger partial charge in [-0.2, -0.15) is 11.8 Å². The van der Waals surface area contributed by atoms with Crippen LogP contribution < -0.4 is 0 Å². The van der Waals surface area contributed by atoms with Crippen LogP contribution >= 0.6 is 34.9 Å². The minimum atomic E-state index is -0.820. The number of hydrogen-bond acceptors (Lipinski definition) is 5. The molecule has 1 heterocycles. The Morgan fingerprint density at radius 3 is 3.07 bits per heavy atom. The van der Waals surface area contributed by atoms with Gasteiger partial charge in [0.2, 0.25) is 0 Å². The standard InChI is InChI=1S/C9H13NO2S3/c1-13-3-2-4-14-9-10-7(6-15-9)5-8(11)12/h6H,2-5H2,1H3,(H,11,12). The molecule has 6 heteroatoms. The van der Waals surface area contributed by atoms with Gasteiger partial charge in [0.15, 0.2) is 0 Å². The molecule has 0 bridgehead atoms. The molecule has 0 spiro atoms. The molecule has 0 atom stereocenters. The zero-order chi connectivity index (χ0) is 11.1. The number of nitrogens with zero attached hydrogens (tertiary/aromatic N) is 1. The van der Waals surface area contributed by atoms with Crippen LogP contribution in [0.3, 0.4) is 0 Å². The van der Waals surface area contributed by atoms with Crippen LogP contribution in [0.5, 0.6) is 0 Å². The molecule has 1 aromatic heterocycles. The summed E-state index contributed by atoms with van der Waals surface area (Å²) in [5, 5.41) is 10.4. The maximum atomic E-state index is 10.4. The molecule has 3 nitrogen and oxygen atoms in total. The molecule has 0 amide bonds. The number of aliphatic carboxylic acids is 1. The average Bonchev–Trinajstić information content (AvgIpc) is 2.59. The summed E-state index contributed by atoms with van der Waals surface area (Å²) < 4.78 is 0.979. The molecule has 0 aliphatic carbocycles. The molecule has 0 saturated carbocycles. The molecule has 1 aromatic rings. The van der Waals surface area contributed by atoms with E-state index in [0.29, 0.717) is 5.69 Å². The Hall–Kier alpha value is -0.200. The molecule has 0 unspecified atom stereocenters. The van der Waals surface area contributed by atoms with Crippen molar-refractivity contribution in [1.29, 1.82) is 0 Å². The smallest absolute Gasteiger partial charge is 0.309 e. The molecule has 0 aliphatic rings. The van der Waals surface area contributed by atoms with Crippen molar-refractivity contribution in [2.45, 2.75) is 17.2 Å². The second-order valence-electron chi connectivity index (χ2n) is 2.87. The number of aromatic nitrogens is 1. The van der Waals surface area contributed by atoms with Crippen LogP contribution in [0.25, 0.3) is 0 Å². The maximum absolute atomic E-state index is 10.4. The van der Waals surface area contributed by atoms with Gasteiger partial charge in [-0.1, -0.05) is 11.8 Å². The highest BCUT2D eigenvalue weighted by molar-refractivity contribution is 8.01. The van der Waals surface area contributed by atoms with E-state index in [1.54, 1.807) is 11.8 Å². The average molecular weight is 263 g/mol. The number of carbonyl (C=O) groups is 1. The van der Waals surface area contributed by atoms with Gasteiger partial charge in [-0.25, -0.2) is 4.98 Å².